The van der Waals surface area contributed by atoms with Gasteiger partial charge in [0, 0.05) is 17.8 Å². The molecule has 0 fully saturated rings. The average molecular weight is 475 g/mol. The predicted molar refractivity (Wildman–Crippen MR) is 136 cm³/mol. The number of hydrogen-bond acceptors (Lipinski definition) is 5. The second-order valence-electron chi connectivity index (χ2n) is 8.45. The van der Waals surface area contributed by atoms with Crippen LogP contribution in [0.2, 0.25) is 0 Å². The number of esters is 1. The van der Waals surface area contributed by atoms with E-state index < -0.39 is 18.5 Å². The van der Waals surface area contributed by atoms with Gasteiger partial charge in [-0.25, -0.2) is 0 Å². The third-order valence-electron chi connectivity index (χ3n) is 5.37. The lowest BCUT2D eigenvalue weighted by atomic mass is 10.1. The van der Waals surface area contributed by atoms with Gasteiger partial charge in [-0.3, -0.25) is 14.4 Å². The highest BCUT2D eigenvalue weighted by atomic mass is 16.5. The van der Waals surface area contributed by atoms with Gasteiger partial charge in [0.2, 0.25) is 5.91 Å². The Morgan fingerprint density at radius 2 is 1.43 bits per heavy atom. The Morgan fingerprint density at radius 1 is 0.743 bits per heavy atom. The third kappa shape index (κ3) is 7.99. The summed E-state index contributed by atoms with van der Waals surface area (Å²) in [6.45, 7) is 7.46. The van der Waals surface area contributed by atoms with Crippen LogP contribution in [0.25, 0.3) is 0 Å². The number of benzene rings is 3. The van der Waals surface area contributed by atoms with Gasteiger partial charge in [-0.1, -0.05) is 18.2 Å². The molecule has 7 heteroatoms. The summed E-state index contributed by atoms with van der Waals surface area (Å²) in [5.74, 6) is 0.0223. The monoisotopic (exact) mass is 474 g/mol. The standard InChI is InChI=1S/C28H30N2O5/c1-18-14-19(2)16-24(15-18)35-23-10-8-22(9-11-23)29-26(31)12-13-28(33)34-17-27(32)30-25-7-5-6-20(3)21(25)4/h5-11,14-16H,12-13,17H2,1-4H3,(H,29,31)(H,30,32). The molecule has 35 heavy (non-hydrogen) atoms. The van der Waals surface area contributed by atoms with Crippen molar-refractivity contribution >= 4 is 29.2 Å². The minimum absolute atomic E-state index is 0.0573. The molecule has 0 aliphatic heterocycles. The first-order chi connectivity index (χ1) is 16.7. The summed E-state index contributed by atoms with van der Waals surface area (Å²) in [4.78, 5) is 36.2. The van der Waals surface area contributed by atoms with Crippen molar-refractivity contribution in [3.05, 3.63) is 82.9 Å². The van der Waals surface area contributed by atoms with Gasteiger partial charge in [0.25, 0.3) is 5.91 Å². The van der Waals surface area contributed by atoms with E-state index >= 15 is 0 Å². The lowest BCUT2D eigenvalue weighted by Crippen LogP contribution is -2.22. The smallest absolute Gasteiger partial charge is 0.306 e. The zero-order valence-electron chi connectivity index (χ0n) is 20.4. The number of anilines is 2. The molecule has 0 radical (unpaired) electrons. The van der Waals surface area contributed by atoms with Crippen LogP contribution >= 0.6 is 0 Å². The number of rotatable bonds is 9. The summed E-state index contributed by atoms with van der Waals surface area (Å²) in [6, 6.07) is 18.5. The second-order valence-corrected chi connectivity index (χ2v) is 8.45. The summed E-state index contributed by atoms with van der Waals surface area (Å²) < 4.78 is 10.9. The number of hydrogen-bond donors (Lipinski definition) is 2. The van der Waals surface area contributed by atoms with Crippen molar-refractivity contribution in [1.82, 2.24) is 0 Å². The van der Waals surface area contributed by atoms with Crippen LogP contribution in [-0.2, 0) is 19.1 Å². The highest BCUT2D eigenvalue weighted by molar-refractivity contribution is 5.95. The Hall–Kier alpha value is -4.13. The molecule has 3 aromatic rings. The van der Waals surface area contributed by atoms with Crippen LogP contribution in [-0.4, -0.2) is 24.4 Å². The Bertz CT molecular complexity index is 1200. The Kier molecular flexibility index (Phi) is 8.62. The number of amides is 2. The fraction of sp³-hybridized carbons (Fsp3) is 0.250. The van der Waals surface area contributed by atoms with Gasteiger partial charge in [-0.05, 0) is 92.4 Å². The van der Waals surface area contributed by atoms with E-state index in [9.17, 15) is 14.4 Å². The quantitative estimate of drug-likeness (QED) is 0.393. The molecule has 0 bridgehead atoms. The number of aryl methyl sites for hydroxylation is 3. The van der Waals surface area contributed by atoms with Crippen LogP contribution in [0.5, 0.6) is 11.5 Å². The molecule has 2 N–H and O–H groups in total. The maximum atomic E-state index is 12.2. The summed E-state index contributed by atoms with van der Waals surface area (Å²) in [7, 11) is 0. The lowest BCUT2D eigenvalue weighted by molar-refractivity contribution is -0.147. The molecule has 7 nitrogen and oxygen atoms in total. The van der Waals surface area contributed by atoms with Crippen molar-refractivity contribution < 1.29 is 23.9 Å². The van der Waals surface area contributed by atoms with Gasteiger partial charge >= 0.3 is 5.97 Å². The summed E-state index contributed by atoms with van der Waals surface area (Å²) in [5.41, 5.74) is 5.50. The molecule has 0 aliphatic carbocycles. The van der Waals surface area contributed by atoms with Crippen LogP contribution in [0.1, 0.15) is 35.1 Å². The summed E-state index contributed by atoms with van der Waals surface area (Å²) in [5, 5.41) is 5.46. The Labute approximate surface area is 205 Å². The first-order valence-corrected chi connectivity index (χ1v) is 11.4. The van der Waals surface area contributed by atoms with Crippen molar-refractivity contribution in [2.45, 2.75) is 40.5 Å². The maximum Gasteiger partial charge on any atom is 0.306 e. The largest absolute Gasteiger partial charge is 0.457 e. The predicted octanol–water partition coefficient (Wildman–Crippen LogP) is 5.61. The van der Waals surface area contributed by atoms with E-state index in [1.807, 2.05) is 52.0 Å². The van der Waals surface area contributed by atoms with Crippen LogP contribution in [0.4, 0.5) is 11.4 Å². The fourth-order valence-corrected chi connectivity index (χ4v) is 3.46. The van der Waals surface area contributed by atoms with Crippen molar-refractivity contribution in [1.29, 1.82) is 0 Å². The molecule has 0 atom stereocenters. The van der Waals surface area contributed by atoms with Crippen molar-refractivity contribution in [2.75, 3.05) is 17.2 Å². The van der Waals surface area contributed by atoms with Crippen LogP contribution < -0.4 is 15.4 Å². The number of nitrogens with one attached hydrogen (secondary N) is 2. The Morgan fingerprint density at radius 3 is 2.11 bits per heavy atom. The summed E-state index contributed by atoms with van der Waals surface area (Å²) >= 11 is 0. The molecule has 0 aromatic heterocycles. The topological polar surface area (TPSA) is 93.7 Å². The molecular weight excluding hydrogens is 444 g/mol. The van der Waals surface area contributed by atoms with E-state index in [1.165, 1.54) is 0 Å². The number of carbonyl (C=O) groups is 3. The molecule has 3 rings (SSSR count). The second kappa shape index (κ2) is 11.8. The highest BCUT2D eigenvalue weighted by Crippen LogP contribution is 2.25. The first kappa shape index (κ1) is 25.5. The maximum absolute atomic E-state index is 12.2. The van der Waals surface area contributed by atoms with Crippen molar-refractivity contribution in [2.24, 2.45) is 0 Å². The zero-order valence-corrected chi connectivity index (χ0v) is 20.4. The highest BCUT2D eigenvalue weighted by Gasteiger charge is 2.12. The van der Waals surface area contributed by atoms with Crippen molar-refractivity contribution in [3.63, 3.8) is 0 Å². The minimum atomic E-state index is -0.617. The summed E-state index contributed by atoms with van der Waals surface area (Å²) in [6.07, 6.45) is -0.186. The first-order valence-electron chi connectivity index (χ1n) is 11.4. The van der Waals surface area contributed by atoms with E-state index in [1.54, 1.807) is 30.3 Å². The molecule has 0 saturated heterocycles. The third-order valence-corrected chi connectivity index (χ3v) is 5.37. The molecule has 2 amide bonds. The Balaban J connectivity index is 1.39. The van der Waals surface area contributed by atoms with Crippen LogP contribution in [0, 0.1) is 27.7 Å². The van der Waals surface area contributed by atoms with E-state index in [4.69, 9.17) is 9.47 Å². The van der Waals surface area contributed by atoms with Gasteiger partial charge in [0.15, 0.2) is 6.61 Å². The van der Waals surface area contributed by atoms with E-state index in [0.29, 0.717) is 17.1 Å². The van der Waals surface area contributed by atoms with Crippen LogP contribution in [0.3, 0.4) is 0 Å². The van der Waals surface area contributed by atoms with Crippen molar-refractivity contribution in [3.8, 4) is 11.5 Å². The normalized spacial score (nSPS) is 10.4. The van der Waals surface area contributed by atoms with Gasteiger partial charge in [-0.2, -0.15) is 0 Å². The SMILES string of the molecule is Cc1cc(C)cc(Oc2ccc(NC(=O)CCC(=O)OCC(=O)Nc3cccc(C)c3C)cc2)c1. The zero-order chi connectivity index (χ0) is 25.4. The van der Waals surface area contributed by atoms with E-state index in [0.717, 1.165) is 28.0 Å². The van der Waals surface area contributed by atoms with E-state index in [-0.39, 0.29) is 18.7 Å². The van der Waals surface area contributed by atoms with Gasteiger partial charge in [-0.15, -0.1) is 0 Å². The van der Waals surface area contributed by atoms with Gasteiger partial charge in [0.05, 0.1) is 6.42 Å². The van der Waals surface area contributed by atoms with Crippen LogP contribution in [0.15, 0.2) is 60.7 Å². The van der Waals surface area contributed by atoms with Gasteiger partial charge < -0.3 is 20.1 Å². The lowest BCUT2D eigenvalue weighted by Gasteiger charge is -2.11. The molecular formula is C28H30N2O5. The van der Waals surface area contributed by atoms with E-state index in [2.05, 4.69) is 16.7 Å². The van der Waals surface area contributed by atoms with Gasteiger partial charge in [0.1, 0.15) is 11.5 Å². The number of ether oxygens (including phenoxy) is 2. The molecule has 0 aliphatic rings. The molecule has 0 heterocycles. The molecule has 0 spiro atoms. The average Bonchev–Trinajstić information content (AvgIpc) is 2.80. The number of carbonyl (C=O) groups excluding carboxylic acids is 3. The molecule has 182 valence electrons. The fourth-order valence-electron chi connectivity index (χ4n) is 3.46. The molecule has 0 unspecified atom stereocenters. The molecule has 3 aromatic carbocycles. The minimum Gasteiger partial charge on any atom is -0.457 e. The molecule has 0 saturated carbocycles.